The Bertz CT molecular complexity index is 875. The number of piperidine rings is 1. The normalized spacial score (nSPS) is 17.4. The zero-order valence-electron chi connectivity index (χ0n) is 16.5. The van der Waals surface area contributed by atoms with E-state index in [-0.39, 0.29) is 22.9 Å². The number of rotatable bonds is 8. The van der Waals surface area contributed by atoms with E-state index in [0.29, 0.717) is 13.1 Å². The molecule has 0 saturated carbocycles. The predicted molar refractivity (Wildman–Crippen MR) is 105 cm³/mol. The highest BCUT2D eigenvalue weighted by Gasteiger charge is 2.29. The lowest BCUT2D eigenvalue weighted by molar-refractivity contribution is -0.145. The molecular formula is C18H28N2O6S2. The topological polar surface area (TPSA) is 101 Å². The molecule has 1 atom stereocenters. The molecule has 158 valence electrons. The van der Waals surface area contributed by atoms with E-state index in [1.807, 2.05) is 0 Å². The number of hydrogen-bond acceptors (Lipinski definition) is 6. The molecule has 0 aliphatic carbocycles. The van der Waals surface area contributed by atoms with Crippen LogP contribution in [0.1, 0.15) is 33.1 Å². The second-order valence-corrected chi connectivity index (χ2v) is 10.7. The van der Waals surface area contributed by atoms with Gasteiger partial charge in [-0.15, -0.1) is 0 Å². The van der Waals surface area contributed by atoms with Crippen LogP contribution >= 0.6 is 0 Å². The third-order valence-electron chi connectivity index (χ3n) is 4.85. The molecule has 0 amide bonds. The zero-order valence-corrected chi connectivity index (χ0v) is 18.1. The van der Waals surface area contributed by atoms with Gasteiger partial charge in [0.15, 0.2) is 0 Å². The summed E-state index contributed by atoms with van der Waals surface area (Å²) in [4.78, 5) is 11.7. The van der Waals surface area contributed by atoms with E-state index >= 15 is 0 Å². The average Bonchev–Trinajstić information content (AvgIpc) is 2.71. The van der Waals surface area contributed by atoms with E-state index in [1.54, 1.807) is 13.8 Å². The number of methoxy groups -OCH3 is 1. The van der Waals surface area contributed by atoms with Gasteiger partial charge in [0.05, 0.1) is 22.8 Å². The molecule has 0 bridgehead atoms. The van der Waals surface area contributed by atoms with Gasteiger partial charge in [-0.25, -0.2) is 16.8 Å². The number of ether oxygens (including phenoxy) is 1. The second-order valence-electron chi connectivity index (χ2n) is 6.82. The Morgan fingerprint density at radius 3 is 2.11 bits per heavy atom. The van der Waals surface area contributed by atoms with Crippen LogP contribution in [-0.4, -0.2) is 64.7 Å². The van der Waals surface area contributed by atoms with Gasteiger partial charge in [-0.05, 0) is 37.1 Å². The van der Waals surface area contributed by atoms with Gasteiger partial charge in [0.1, 0.15) is 0 Å². The first-order valence-corrected chi connectivity index (χ1v) is 12.2. The van der Waals surface area contributed by atoms with Crippen LogP contribution in [0.15, 0.2) is 34.1 Å². The van der Waals surface area contributed by atoms with E-state index < -0.39 is 31.9 Å². The first-order chi connectivity index (χ1) is 13.1. The van der Waals surface area contributed by atoms with E-state index in [0.717, 1.165) is 19.3 Å². The summed E-state index contributed by atoms with van der Waals surface area (Å²) >= 11 is 0. The van der Waals surface area contributed by atoms with Crippen molar-refractivity contribution in [1.29, 1.82) is 0 Å². The molecule has 1 aliphatic rings. The molecule has 1 aliphatic heterocycles. The first-order valence-electron chi connectivity index (χ1n) is 9.32. The first kappa shape index (κ1) is 22.8. The molecule has 1 saturated heterocycles. The second kappa shape index (κ2) is 9.34. The van der Waals surface area contributed by atoms with Gasteiger partial charge in [-0.1, -0.05) is 20.3 Å². The van der Waals surface area contributed by atoms with Crippen molar-refractivity contribution >= 4 is 26.0 Å². The highest BCUT2D eigenvalue weighted by molar-refractivity contribution is 7.89. The van der Waals surface area contributed by atoms with Crippen molar-refractivity contribution in [3.8, 4) is 0 Å². The minimum Gasteiger partial charge on any atom is -0.469 e. The van der Waals surface area contributed by atoms with E-state index in [9.17, 15) is 21.6 Å². The third-order valence-corrected chi connectivity index (χ3v) is 8.72. The molecule has 0 N–H and O–H groups in total. The van der Waals surface area contributed by atoms with Crippen LogP contribution in [0.2, 0.25) is 0 Å². The summed E-state index contributed by atoms with van der Waals surface area (Å²) in [6.07, 6.45) is 2.67. The Balaban J connectivity index is 2.23. The zero-order chi connectivity index (χ0) is 20.9. The van der Waals surface area contributed by atoms with Crippen molar-refractivity contribution in [1.82, 2.24) is 8.61 Å². The molecule has 8 nitrogen and oxygen atoms in total. The van der Waals surface area contributed by atoms with Crippen LogP contribution in [-0.2, 0) is 29.6 Å². The molecule has 0 spiro atoms. The van der Waals surface area contributed by atoms with Crippen molar-refractivity contribution in [2.75, 3.05) is 33.3 Å². The molecule has 2 rings (SSSR count). The van der Waals surface area contributed by atoms with Gasteiger partial charge in [0.2, 0.25) is 20.0 Å². The number of carbonyl (C=O) groups is 1. The van der Waals surface area contributed by atoms with Crippen LogP contribution in [0, 0.1) is 5.92 Å². The van der Waals surface area contributed by atoms with Crippen molar-refractivity contribution in [3.05, 3.63) is 24.3 Å². The Morgan fingerprint density at radius 1 is 1.07 bits per heavy atom. The molecule has 1 fully saturated rings. The molecule has 1 aromatic carbocycles. The summed E-state index contributed by atoms with van der Waals surface area (Å²) in [6.45, 7) is 4.40. The number of nitrogens with zero attached hydrogens (tertiary/aromatic N) is 2. The summed E-state index contributed by atoms with van der Waals surface area (Å²) in [5, 5.41) is 0. The monoisotopic (exact) mass is 432 g/mol. The quantitative estimate of drug-likeness (QED) is 0.579. The maximum absolute atomic E-state index is 12.9. The van der Waals surface area contributed by atoms with Gasteiger partial charge in [-0.2, -0.15) is 8.61 Å². The average molecular weight is 433 g/mol. The van der Waals surface area contributed by atoms with Crippen molar-refractivity contribution in [3.63, 3.8) is 0 Å². The van der Waals surface area contributed by atoms with Gasteiger partial charge in [-0.3, -0.25) is 4.79 Å². The summed E-state index contributed by atoms with van der Waals surface area (Å²) in [7, 11) is -6.22. The predicted octanol–water partition coefficient (Wildman–Crippen LogP) is 1.68. The number of sulfonamides is 2. The fourth-order valence-electron chi connectivity index (χ4n) is 3.17. The Labute approximate surface area is 167 Å². The highest BCUT2D eigenvalue weighted by atomic mass is 32.2. The van der Waals surface area contributed by atoms with E-state index in [2.05, 4.69) is 4.74 Å². The minimum atomic E-state index is -3.86. The Morgan fingerprint density at radius 2 is 1.61 bits per heavy atom. The Hall–Kier alpha value is -1.49. The van der Waals surface area contributed by atoms with Gasteiger partial charge in [0, 0.05) is 26.2 Å². The number of hydrogen-bond donors (Lipinski definition) is 0. The number of benzene rings is 1. The lowest BCUT2D eigenvalue weighted by atomic mass is 10.2. The fraction of sp³-hybridized carbons (Fsp3) is 0.611. The summed E-state index contributed by atoms with van der Waals surface area (Å²) in [6, 6.07) is 5.26. The lowest BCUT2D eigenvalue weighted by Gasteiger charge is -2.26. The van der Waals surface area contributed by atoms with Crippen LogP contribution in [0.5, 0.6) is 0 Å². The number of esters is 1. The molecule has 0 aromatic heterocycles. The molecule has 28 heavy (non-hydrogen) atoms. The van der Waals surface area contributed by atoms with E-state index in [4.69, 9.17) is 0 Å². The van der Waals surface area contributed by atoms with Crippen LogP contribution in [0.25, 0.3) is 0 Å². The number of carbonyl (C=O) groups excluding carboxylic acids is 1. The smallest absolute Gasteiger partial charge is 0.309 e. The highest BCUT2D eigenvalue weighted by Crippen LogP contribution is 2.23. The van der Waals surface area contributed by atoms with Crippen molar-refractivity contribution < 1.29 is 26.4 Å². The van der Waals surface area contributed by atoms with Crippen LogP contribution in [0.3, 0.4) is 0 Å². The van der Waals surface area contributed by atoms with Gasteiger partial charge in [0.25, 0.3) is 0 Å². The molecule has 10 heteroatoms. The summed E-state index contributed by atoms with van der Waals surface area (Å²) < 4.78 is 58.5. The van der Waals surface area contributed by atoms with Crippen molar-refractivity contribution in [2.45, 2.75) is 42.9 Å². The van der Waals surface area contributed by atoms with Crippen molar-refractivity contribution in [2.24, 2.45) is 5.92 Å². The third kappa shape index (κ3) is 4.91. The molecule has 0 radical (unpaired) electrons. The van der Waals surface area contributed by atoms with E-state index in [1.165, 1.54) is 40.0 Å². The van der Waals surface area contributed by atoms with Gasteiger partial charge < -0.3 is 4.74 Å². The SMILES string of the molecule is CCN(CC(C)C(=O)OC)S(=O)(=O)c1ccc(S(=O)(=O)N2CCCCC2)cc1. The maximum Gasteiger partial charge on any atom is 0.309 e. The van der Waals surface area contributed by atoms with Crippen LogP contribution in [0.4, 0.5) is 0 Å². The largest absolute Gasteiger partial charge is 0.469 e. The molecule has 1 aromatic rings. The molecular weight excluding hydrogens is 404 g/mol. The summed E-state index contributed by atoms with van der Waals surface area (Å²) in [5.41, 5.74) is 0. The summed E-state index contributed by atoms with van der Waals surface area (Å²) in [5.74, 6) is -1.10. The lowest BCUT2D eigenvalue weighted by Crippen LogP contribution is -2.37. The molecule has 1 unspecified atom stereocenters. The minimum absolute atomic E-state index is 0.0102. The Kier molecular flexibility index (Phi) is 7.60. The molecule has 1 heterocycles. The maximum atomic E-state index is 12.9. The fourth-order valence-corrected chi connectivity index (χ4v) is 6.22. The standard InChI is InChI=1S/C18H28N2O6S2/c1-4-19(14-15(2)18(21)26-3)27(22,23)16-8-10-17(11-9-16)28(24,25)20-12-6-5-7-13-20/h8-11,15H,4-7,12-14H2,1-3H3. The van der Waals surface area contributed by atoms with Gasteiger partial charge >= 0.3 is 5.97 Å². The van der Waals surface area contributed by atoms with Crippen LogP contribution < -0.4 is 0 Å².